The third kappa shape index (κ3) is 2.06. The molecule has 5 fully saturated rings. The predicted molar refractivity (Wildman–Crippen MR) is 78.8 cm³/mol. The molecule has 5 aliphatic rings. The summed E-state index contributed by atoms with van der Waals surface area (Å²) in [5.74, 6) is 4.96. The zero-order valence-corrected chi connectivity index (χ0v) is 12.5. The molecule has 108 valence electrons. The summed E-state index contributed by atoms with van der Waals surface area (Å²) in [5, 5.41) is 0. The average molecular weight is 262 g/mol. The van der Waals surface area contributed by atoms with Gasteiger partial charge in [-0.25, -0.2) is 0 Å². The van der Waals surface area contributed by atoms with E-state index in [2.05, 4.69) is 11.9 Å². The number of hydrogen-bond donors (Lipinski definition) is 1. The standard InChI is InChI=1S/C17H30N2/c1-19-5-3-2-4-17(18,11-19)16-14-7-12-6-13(9-14)10-15(16)8-12/h12-16H,2-11,18H2,1H3. The molecular weight excluding hydrogens is 232 g/mol. The zero-order valence-electron chi connectivity index (χ0n) is 12.5. The Morgan fingerprint density at radius 3 is 2.21 bits per heavy atom. The summed E-state index contributed by atoms with van der Waals surface area (Å²) in [5.41, 5.74) is 7.17. The van der Waals surface area contributed by atoms with Crippen molar-refractivity contribution < 1.29 is 0 Å². The van der Waals surface area contributed by atoms with E-state index in [0.717, 1.165) is 36.1 Å². The van der Waals surface area contributed by atoms with Crippen LogP contribution in [0.4, 0.5) is 0 Å². The van der Waals surface area contributed by atoms with Crippen LogP contribution >= 0.6 is 0 Å². The van der Waals surface area contributed by atoms with Crippen LogP contribution in [0, 0.1) is 29.6 Å². The first kappa shape index (κ1) is 12.6. The van der Waals surface area contributed by atoms with Crippen LogP contribution in [0.25, 0.3) is 0 Å². The number of rotatable bonds is 1. The summed E-state index contributed by atoms with van der Waals surface area (Å²) >= 11 is 0. The Balaban J connectivity index is 1.60. The molecule has 0 aromatic heterocycles. The SMILES string of the molecule is CN1CCCCC(N)(C2C3CC4CC(C3)CC2C4)C1. The smallest absolute Gasteiger partial charge is 0.0317 e. The van der Waals surface area contributed by atoms with Crippen LogP contribution in [0.2, 0.25) is 0 Å². The topological polar surface area (TPSA) is 29.3 Å². The van der Waals surface area contributed by atoms with E-state index in [-0.39, 0.29) is 5.54 Å². The van der Waals surface area contributed by atoms with Gasteiger partial charge in [0.05, 0.1) is 0 Å². The monoisotopic (exact) mass is 262 g/mol. The van der Waals surface area contributed by atoms with Crippen molar-refractivity contribution in [1.82, 2.24) is 4.90 Å². The molecule has 1 aliphatic heterocycles. The van der Waals surface area contributed by atoms with Crippen molar-refractivity contribution >= 4 is 0 Å². The highest BCUT2D eigenvalue weighted by Crippen LogP contribution is 2.59. The van der Waals surface area contributed by atoms with Gasteiger partial charge in [0.1, 0.15) is 0 Å². The van der Waals surface area contributed by atoms with Crippen molar-refractivity contribution in [3.8, 4) is 0 Å². The summed E-state index contributed by atoms with van der Waals surface area (Å²) in [6, 6.07) is 0. The molecule has 2 heteroatoms. The molecule has 1 heterocycles. The number of nitrogens with two attached hydrogens (primary N) is 1. The lowest BCUT2D eigenvalue weighted by atomic mass is 9.48. The van der Waals surface area contributed by atoms with E-state index in [0.29, 0.717) is 0 Å². The normalized spacial score (nSPS) is 54.3. The first-order valence-electron chi connectivity index (χ1n) is 8.61. The Bertz CT molecular complexity index is 325. The van der Waals surface area contributed by atoms with Crippen molar-refractivity contribution in [1.29, 1.82) is 0 Å². The second kappa shape index (κ2) is 4.46. The fourth-order valence-corrected chi connectivity index (χ4v) is 6.63. The van der Waals surface area contributed by atoms with Gasteiger partial charge in [0.15, 0.2) is 0 Å². The van der Waals surface area contributed by atoms with Gasteiger partial charge in [0.2, 0.25) is 0 Å². The molecule has 19 heavy (non-hydrogen) atoms. The van der Waals surface area contributed by atoms with Gasteiger partial charge in [-0.1, -0.05) is 6.42 Å². The Hall–Kier alpha value is -0.0800. The van der Waals surface area contributed by atoms with Gasteiger partial charge in [-0.05, 0) is 88.1 Å². The second-order valence-corrected chi connectivity index (χ2v) is 8.38. The highest BCUT2D eigenvalue weighted by atomic mass is 15.1. The van der Waals surface area contributed by atoms with Crippen molar-refractivity contribution in [3.05, 3.63) is 0 Å². The van der Waals surface area contributed by atoms with E-state index >= 15 is 0 Å². The van der Waals surface area contributed by atoms with Crippen molar-refractivity contribution in [2.24, 2.45) is 35.3 Å². The van der Waals surface area contributed by atoms with E-state index in [1.54, 1.807) is 6.42 Å². The molecule has 1 unspecified atom stereocenters. The fourth-order valence-electron chi connectivity index (χ4n) is 6.63. The van der Waals surface area contributed by atoms with Crippen LogP contribution in [0.15, 0.2) is 0 Å². The van der Waals surface area contributed by atoms with Crippen molar-refractivity contribution in [2.75, 3.05) is 20.1 Å². The molecule has 0 spiro atoms. The molecule has 2 N–H and O–H groups in total. The van der Waals surface area contributed by atoms with E-state index < -0.39 is 0 Å². The highest BCUT2D eigenvalue weighted by Gasteiger charge is 2.54. The Morgan fingerprint density at radius 2 is 1.58 bits per heavy atom. The Morgan fingerprint density at radius 1 is 0.947 bits per heavy atom. The van der Waals surface area contributed by atoms with Gasteiger partial charge in [0, 0.05) is 12.1 Å². The Kier molecular flexibility index (Phi) is 2.97. The summed E-state index contributed by atoms with van der Waals surface area (Å²) < 4.78 is 0. The lowest BCUT2D eigenvalue weighted by Crippen LogP contribution is -2.62. The number of nitrogens with zero attached hydrogens (tertiary/aromatic N) is 1. The zero-order chi connectivity index (χ0) is 13.0. The molecule has 0 aromatic carbocycles. The molecule has 1 saturated heterocycles. The maximum absolute atomic E-state index is 7.03. The minimum absolute atomic E-state index is 0.133. The molecule has 5 rings (SSSR count). The molecular formula is C17H30N2. The van der Waals surface area contributed by atoms with Gasteiger partial charge in [-0.2, -0.15) is 0 Å². The average Bonchev–Trinajstić information content (AvgIpc) is 2.49. The molecule has 4 bridgehead atoms. The second-order valence-electron chi connectivity index (χ2n) is 8.38. The van der Waals surface area contributed by atoms with E-state index in [1.807, 2.05) is 0 Å². The lowest BCUT2D eigenvalue weighted by molar-refractivity contribution is -0.0747. The summed E-state index contributed by atoms with van der Waals surface area (Å²) in [4.78, 5) is 2.51. The van der Waals surface area contributed by atoms with Crippen LogP contribution in [-0.2, 0) is 0 Å². The predicted octanol–water partition coefficient (Wildman–Crippen LogP) is 2.87. The van der Waals surface area contributed by atoms with Crippen LogP contribution in [0.5, 0.6) is 0 Å². The minimum atomic E-state index is 0.133. The fraction of sp³-hybridized carbons (Fsp3) is 1.00. The van der Waals surface area contributed by atoms with Gasteiger partial charge in [-0.3, -0.25) is 0 Å². The van der Waals surface area contributed by atoms with Crippen LogP contribution in [0.1, 0.15) is 51.4 Å². The molecule has 4 aliphatic carbocycles. The van der Waals surface area contributed by atoms with E-state index in [9.17, 15) is 0 Å². The van der Waals surface area contributed by atoms with Crippen LogP contribution < -0.4 is 5.73 Å². The molecule has 0 amide bonds. The van der Waals surface area contributed by atoms with Gasteiger partial charge in [-0.15, -0.1) is 0 Å². The molecule has 2 nitrogen and oxygen atoms in total. The van der Waals surface area contributed by atoms with Gasteiger partial charge in [0.25, 0.3) is 0 Å². The Labute approximate surface area is 118 Å². The van der Waals surface area contributed by atoms with Crippen LogP contribution in [-0.4, -0.2) is 30.6 Å². The number of likely N-dealkylation sites (tertiary alicyclic amines) is 1. The molecule has 0 aromatic rings. The van der Waals surface area contributed by atoms with E-state index in [4.69, 9.17) is 5.73 Å². The number of likely N-dealkylation sites (N-methyl/N-ethyl adjacent to an activating group) is 1. The van der Waals surface area contributed by atoms with Gasteiger partial charge >= 0.3 is 0 Å². The summed E-state index contributed by atoms with van der Waals surface area (Å²) in [6.45, 7) is 2.41. The van der Waals surface area contributed by atoms with Crippen molar-refractivity contribution in [2.45, 2.75) is 56.9 Å². The lowest BCUT2D eigenvalue weighted by Gasteiger charge is -2.59. The highest BCUT2D eigenvalue weighted by molar-refractivity contribution is 5.08. The number of hydrogen-bond acceptors (Lipinski definition) is 2. The molecule has 1 atom stereocenters. The van der Waals surface area contributed by atoms with Crippen molar-refractivity contribution in [3.63, 3.8) is 0 Å². The molecule has 4 saturated carbocycles. The largest absolute Gasteiger partial charge is 0.324 e. The maximum atomic E-state index is 7.03. The first-order valence-corrected chi connectivity index (χ1v) is 8.61. The summed E-state index contributed by atoms with van der Waals surface area (Å²) in [6.07, 6.45) is 11.6. The van der Waals surface area contributed by atoms with Gasteiger partial charge < -0.3 is 10.6 Å². The molecule has 0 radical (unpaired) electrons. The third-order valence-electron chi connectivity index (χ3n) is 6.89. The first-order chi connectivity index (χ1) is 9.14. The van der Waals surface area contributed by atoms with Crippen LogP contribution in [0.3, 0.4) is 0 Å². The third-order valence-corrected chi connectivity index (χ3v) is 6.89. The quantitative estimate of drug-likeness (QED) is 0.787. The maximum Gasteiger partial charge on any atom is 0.0317 e. The van der Waals surface area contributed by atoms with E-state index in [1.165, 1.54) is 51.5 Å². The minimum Gasteiger partial charge on any atom is -0.324 e. The summed E-state index contributed by atoms with van der Waals surface area (Å²) in [7, 11) is 2.28.